The summed E-state index contributed by atoms with van der Waals surface area (Å²) in [4.78, 5) is 41.1. The van der Waals surface area contributed by atoms with Crippen LogP contribution in [0.2, 0.25) is 0 Å². The molecule has 2 aliphatic heterocycles. The van der Waals surface area contributed by atoms with Crippen LogP contribution in [-0.4, -0.2) is 70.9 Å². The fourth-order valence-electron chi connectivity index (χ4n) is 5.64. The average Bonchev–Trinajstić information content (AvgIpc) is 2.98. The molecule has 0 saturated carbocycles. The van der Waals surface area contributed by atoms with Crippen LogP contribution in [0.4, 0.5) is 5.95 Å². The van der Waals surface area contributed by atoms with Gasteiger partial charge in [-0.3, -0.25) is 9.59 Å². The first-order chi connectivity index (χ1) is 19.0. The lowest BCUT2D eigenvalue weighted by Gasteiger charge is -2.42. The lowest BCUT2D eigenvalue weighted by Crippen LogP contribution is -2.45. The third-order valence-electron chi connectivity index (χ3n) is 8.03. The summed E-state index contributed by atoms with van der Waals surface area (Å²) in [5, 5.41) is 0. The molecule has 1 saturated heterocycles. The van der Waals surface area contributed by atoms with E-state index < -0.39 is 0 Å². The fourth-order valence-corrected chi connectivity index (χ4v) is 5.64. The van der Waals surface area contributed by atoms with Crippen molar-refractivity contribution in [3.63, 3.8) is 0 Å². The van der Waals surface area contributed by atoms with E-state index in [2.05, 4.69) is 14.9 Å². The zero-order chi connectivity index (χ0) is 27.1. The Bertz CT molecular complexity index is 1250. The van der Waals surface area contributed by atoms with Crippen LogP contribution in [0.15, 0.2) is 73.1 Å². The van der Waals surface area contributed by atoms with E-state index in [0.717, 1.165) is 50.9 Å². The summed E-state index contributed by atoms with van der Waals surface area (Å²) >= 11 is 0. The van der Waals surface area contributed by atoms with Crippen LogP contribution < -0.4 is 9.64 Å². The topological polar surface area (TPSA) is 78.9 Å². The van der Waals surface area contributed by atoms with Crippen LogP contribution in [0.5, 0.6) is 5.75 Å². The number of carbonyl (C=O) groups is 2. The number of nitrogens with zero attached hydrogens (tertiary/aromatic N) is 5. The smallest absolute Gasteiger partial charge is 0.257 e. The zero-order valence-electron chi connectivity index (χ0n) is 22.7. The van der Waals surface area contributed by atoms with Crippen molar-refractivity contribution in [3.05, 3.63) is 84.2 Å². The van der Waals surface area contributed by atoms with Crippen LogP contribution in [0.1, 0.15) is 48.5 Å². The molecule has 1 aromatic heterocycles. The van der Waals surface area contributed by atoms with Gasteiger partial charge in [-0.25, -0.2) is 9.97 Å². The number of hydrogen-bond donors (Lipinski definition) is 0. The zero-order valence-corrected chi connectivity index (χ0v) is 22.7. The molecule has 0 radical (unpaired) electrons. The van der Waals surface area contributed by atoms with E-state index in [4.69, 9.17) is 4.74 Å². The summed E-state index contributed by atoms with van der Waals surface area (Å²) in [5.41, 5.74) is 1.59. The van der Waals surface area contributed by atoms with Gasteiger partial charge in [0, 0.05) is 64.0 Å². The lowest BCUT2D eigenvalue weighted by atomic mass is 9.75. The number of likely N-dealkylation sites (tertiary alicyclic amines) is 1. The Balaban J connectivity index is 1.46. The third kappa shape index (κ3) is 6.56. The fraction of sp³-hybridized carbons (Fsp3) is 0.419. The largest absolute Gasteiger partial charge is 0.492 e. The minimum absolute atomic E-state index is 0.0527. The summed E-state index contributed by atoms with van der Waals surface area (Å²) < 4.78 is 6.48. The SMILES string of the molecule is CC(=O)N1CCC2(CCCN(c3ncccn3)CCN(Cc3ccccc3)C(=O)c3ccccc3OC2)CC1. The van der Waals surface area contributed by atoms with E-state index >= 15 is 0 Å². The lowest BCUT2D eigenvalue weighted by molar-refractivity contribution is -0.131. The molecule has 2 aliphatic rings. The molecule has 2 amide bonds. The first-order valence-corrected chi connectivity index (χ1v) is 13.9. The van der Waals surface area contributed by atoms with E-state index in [1.54, 1.807) is 19.3 Å². The number of para-hydroxylation sites is 1. The minimum Gasteiger partial charge on any atom is -0.492 e. The second-order valence-electron chi connectivity index (χ2n) is 10.6. The maximum Gasteiger partial charge on any atom is 0.257 e. The number of piperidine rings is 1. The van der Waals surface area contributed by atoms with E-state index in [1.165, 1.54) is 0 Å². The van der Waals surface area contributed by atoms with Crippen LogP contribution >= 0.6 is 0 Å². The monoisotopic (exact) mass is 527 g/mol. The highest BCUT2D eigenvalue weighted by Gasteiger charge is 2.36. The number of hydrogen-bond acceptors (Lipinski definition) is 6. The molecule has 39 heavy (non-hydrogen) atoms. The van der Waals surface area contributed by atoms with Crippen molar-refractivity contribution < 1.29 is 14.3 Å². The van der Waals surface area contributed by atoms with Crippen molar-refractivity contribution in [2.24, 2.45) is 5.41 Å². The number of rotatable bonds is 3. The van der Waals surface area contributed by atoms with Gasteiger partial charge in [-0.15, -0.1) is 0 Å². The van der Waals surface area contributed by atoms with Crippen LogP contribution in [0.25, 0.3) is 0 Å². The molecule has 0 aliphatic carbocycles. The minimum atomic E-state index is -0.0664. The Morgan fingerprint density at radius 3 is 2.33 bits per heavy atom. The van der Waals surface area contributed by atoms with Gasteiger partial charge in [0.1, 0.15) is 5.75 Å². The molecule has 1 spiro atoms. The van der Waals surface area contributed by atoms with Crippen LogP contribution in [0, 0.1) is 5.41 Å². The molecule has 1 fully saturated rings. The highest BCUT2D eigenvalue weighted by molar-refractivity contribution is 5.97. The van der Waals surface area contributed by atoms with Gasteiger partial charge < -0.3 is 19.4 Å². The molecule has 0 N–H and O–H groups in total. The number of anilines is 1. The molecule has 2 aromatic carbocycles. The van der Waals surface area contributed by atoms with Gasteiger partial charge in [0.05, 0.1) is 12.2 Å². The normalized spacial score (nSPS) is 18.4. The van der Waals surface area contributed by atoms with Gasteiger partial charge in [-0.05, 0) is 49.4 Å². The number of benzene rings is 2. The standard InChI is InChI=1S/C31H37N5O3/c1-25(37)34-19-14-31(15-20-34)13-7-18-35(30-32-16-8-17-33-30)21-22-36(23-26-9-3-2-4-10-26)29(38)27-11-5-6-12-28(27)39-24-31/h2-6,8-12,16-17H,7,13-15,18-24H2,1H3. The second-order valence-corrected chi connectivity index (χ2v) is 10.6. The van der Waals surface area contributed by atoms with E-state index in [0.29, 0.717) is 43.5 Å². The van der Waals surface area contributed by atoms with Crippen molar-refractivity contribution in [3.8, 4) is 5.75 Å². The second kappa shape index (κ2) is 12.3. The van der Waals surface area contributed by atoms with Crippen molar-refractivity contribution in [2.75, 3.05) is 44.2 Å². The number of ether oxygens (including phenoxy) is 1. The van der Waals surface area contributed by atoms with Crippen molar-refractivity contribution >= 4 is 17.8 Å². The van der Waals surface area contributed by atoms with Crippen molar-refractivity contribution in [1.29, 1.82) is 0 Å². The first kappa shape index (κ1) is 26.7. The Kier molecular flexibility index (Phi) is 8.39. The molecule has 204 valence electrons. The molecule has 5 rings (SSSR count). The van der Waals surface area contributed by atoms with E-state index in [9.17, 15) is 9.59 Å². The van der Waals surface area contributed by atoms with E-state index in [1.807, 2.05) is 70.5 Å². The highest BCUT2D eigenvalue weighted by atomic mass is 16.5. The molecular formula is C31H37N5O3. The van der Waals surface area contributed by atoms with Gasteiger partial charge in [0.25, 0.3) is 5.91 Å². The highest BCUT2D eigenvalue weighted by Crippen LogP contribution is 2.38. The summed E-state index contributed by atoms with van der Waals surface area (Å²) in [7, 11) is 0. The van der Waals surface area contributed by atoms with Gasteiger partial charge >= 0.3 is 0 Å². The predicted octanol–water partition coefficient (Wildman–Crippen LogP) is 4.43. The van der Waals surface area contributed by atoms with Gasteiger partial charge in [0.2, 0.25) is 11.9 Å². The Labute approximate surface area is 230 Å². The molecule has 0 unspecified atom stereocenters. The van der Waals surface area contributed by atoms with Crippen LogP contribution in [0.3, 0.4) is 0 Å². The summed E-state index contributed by atoms with van der Waals surface area (Å²) in [5.74, 6) is 1.37. The molecule has 0 atom stereocenters. The number of fused-ring (bicyclic) bond motifs is 1. The molecule has 8 heteroatoms. The molecule has 8 nitrogen and oxygen atoms in total. The summed E-state index contributed by atoms with van der Waals surface area (Å²) in [6, 6.07) is 19.5. The van der Waals surface area contributed by atoms with Gasteiger partial charge in [-0.1, -0.05) is 42.5 Å². The predicted molar refractivity (Wildman–Crippen MR) is 151 cm³/mol. The molecular weight excluding hydrogens is 490 g/mol. The first-order valence-electron chi connectivity index (χ1n) is 13.9. The van der Waals surface area contributed by atoms with Crippen LogP contribution in [-0.2, 0) is 11.3 Å². The summed E-state index contributed by atoms with van der Waals surface area (Å²) in [6.07, 6.45) is 7.19. The maximum absolute atomic E-state index is 14.0. The number of aromatic nitrogens is 2. The molecule has 3 heterocycles. The maximum atomic E-state index is 14.0. The quantitative estimate of drug-likeness (QED) is 0.502. The molecule has 3 aromatic rings. The van der Waals surface area contributed by atoms with Gasteiger partial charge in [-0.2, -0.15) is 0 Å². The van der Waals surface area contributed by atoms with Crippen molar-refractivity contribution in [2.45, 2.75) is 39.2 Å². The Hall–Kier alpha value is -3.94. The third-order valence-corrected chi connectivity index (χ3v) is 8.03. The van der Waals surface area contributed by atoms with Crippen molar-refractivity contribution in [1.82, 2.24) is 19.8 Å². The molecule has 0 bridgehead atoms. The Morgan fingerprint density at radius 1 is 0.872 bits per heavy atom. The Morgan fingerprint density at radius 2 is 1.59 bits per heavy atom. The number of carbonyl (C=O) groups excluding carboxylic acids is 2. The average molecular weight is 528 g/mol. The number of amides is 2. The van der Waals surface area contributed by atoms with E-state index in [-0.39, 0.29) is 17.2 Å². The van der Waals surface area contributed by atoms with Gasteiger partial charge in [0.15, 0.2) is 0 Å². The summed E-state index contributed by atoms with van der Waals surface area (Å²) in [6.45, 7) is 6.05.